The first kappa shape index (κ1) is 16.5. The van der Waals surface area contributed by atoms with Crippen LogP contribution >= 0.6 is 0 Å². The predicted octanol–water partition coefficient (Wildman–Crippen LogP) is 3.89. The Labute approximate surface area is 123 Å². The number of nitrogens with zero attached hydrogens (tertiary/aromatic N) is 1. The maximum absolute atomic E-state index is 8.94. The van der Waals surface area contributed by atoms with Gasteiger partial charge in [-0.25, -0.2) is 0 Å². The Morgan fingerprint density at radius 2 is 1.90 bits per heavy atom. The van der Waals surface area contributed by atoms with E-state index < -0.39 is 0 Å². The Morgan fingerprint density at radius 3 is 2.50 bits per heavy atom. The van der Waals surface area contributed by atoms with Crippen LogP contribution in [0.25, 0.3) is 0 Å². The summed E-state index contributed by atoms with van der Waals surface area (Å²) in [5.74, 6) is 0.933. The zero-order valence-corrected chi connectivity index (χ0v) is 12.9. The van der Waals surface area contributed by atoms with Crippen molar-refractivity contribution in [3.05, 3.63) is 29.8 Å². The maximum atomic E-state index is 8.94. The van der Waals surface area contributed by atoms with Gasteiger partial charge in [-0.15, -0.1) is 0 Å². The number of nitriles is 1. The van der Waals surface area contributed by atoms with Crippen molar-refractivity contribution in [2.24, 2.45) is 5.41 Å². The highest BCUT2D eigenvalue weighted by Crippen LogP contribution is 2.14. The van der Waals surface area contributed by atoms with E-state index in [2.05, 4.69) is 30.4 Å². The van der Waals surface area contributed by atoms with E-state index in [1.165, 1.54) is 18.4 Å². The highest BCUT2D eigenvalue weighted by atomic mass is 16.5. The van der Waals surface area contributed by atoms with Gasteiger partial charge in [0.05, 0.1) is 18.1 Å². The largest absolute Gasteiger partial charge is 0.494 e. The lowest BCUT2D eigenvalue weighted by Crippen LogP contribution is -2.27. The molecule has 1 N–H and O–H groups in total. The number of nitrogens with one attached hydrogen (secondary N) is 1. The van der Waals surface area contributed by atoms with Gasteiger partial charge in [-0.05, 0) is 38.0 Å². The van der Waals surface area contributed by atoms with Gasteiger partial charge in [0.2, 0.25) is 0 Å². The maximum Gasteiger partial charge on any atom is 0.119 e. The van der Waals surface area contributed by atoms with Crippen molar-refractivity contribution in [3.63, 3.8) is 0 Å². The van der Waals surface area contributed by atoms with Crippen molar-refractivity contribution in [1.29, 1.82) is 5.26 Å². The van der Waals surface area contributed by atoms with E-state index in [0.29, 0.717) is 6.54 Å². The second kappa shape index (κ2) is 8.60. The molecule has 0 aliphatic carbocycles. The normalized spacial score (nSPS) is 11.1. The van der Waals surface area contributed by atoms with Gasteiger partial charge in [-0.3, -0.25) is 0 Å². The molecule has 0 saturated carbocycles. The quantitative estimate of drug-likeness (QED) is 0.695. The minimum atomic E-state index is -0.317. The topological polar surface area (TPSA) is 45.0 Å². The molecule has 20 heavy (non-hydrogen) atoms. The van der Waals surface area contributed by atoms with Crippen molar-refractivity contribution < 1.29 is 4.74 Å². The van der Waals surface area contributed by atoms with Crippen molar-refractivity contribution in [3.8, 4) is 11.8 Å². The predicted molar refractivity (Wildman–Crippen MR) is 82.6 cm³/mol. The molecule has 0 unspecified atom stereocenters. The summed E-state index contributed by atoms with van der Waals surface area (Å²) in [4.78, 5) is 0. The average Bonchev–Trinajstić information content (AvgIpc) is 2.45. The van der Waals surface area contributed by atoms with Crippen LogP contribution in [-0.2, 0) is 6.54 Å². The third-order valence-corrected chi connectivity index (χ3v) is 3.14. The minimum absolute atomic E-state index is 0.317. The molecule has 0 aliphatic heterocycles. The summed E-state index contributed by atoms with van der Waals surface area (Å²) in [6.45, 7) is 8.33. The number of hydrogen-bond donors (Lipinski definition) is 1. The molecule has 0 atom stereocenters. The summed E-state index contributed by atoms with van der Waals surface area (Å²) in [5, 5.41) is 12.3. The van der Waals surface area contributed by atoms with Crippen LogP contribution in [0, 0.1) is 16.7 Å². The van der Waals surface area contributed by atoms with Crippen LogP contribution in [0.3, 0.4) is 0 Å². The smallest absolute Gasteiger partial charge is 0.119 e. The van der Waals surface area contributed by atoms with Gasteiger partial charge < -0.3 is 10.1 Å². The van der Waals surface area contributed by atoms with E-state index >= 15 is 0 Å². The molecule has 0 aliphatic rings. The van der Waals surface area contributed by atoms with Crippen molar-refractivity contribution in [1.82, 2.24) is 5.32 Å². The monoisotopic (exact) mass is 274 g/mol. The lowest BCUT2D eigenvalue weighted by molar-refractivity contribution is 0.306. The number of benzene rings is 1. The molecule has 0 saturated heterocycles. The van der Waals surface area contributed by atoms with Gasteiger partial charge in [-0.1, -0.05) is 31.9 Å². The molecule has 0 aromatic heterocycles. The second-order valence-corrected chi connectivity index (χ2v) is 5.80. The van der Waals surface area contributed by atoms with Crippen molar-refractivity contribution in [2.75, 3.05) is 13.2 Å². The van der Waals surface area contributed by atoms with Crippen LogP contribution in [0.4, 0.5) is 0 Å². The zero-order chi connectivity index (χ0) is 14.8. The van der Waals surface area contributed by atoms with E-state index in [-0.39, 0.29) is 5.41 Å². The molecule has 3 heteroatoms. The molecule has 0 fully saturated rings. The summed E-state index contributed by atoms with van der Waals surface area (Å²) in [5.41, 5.74) is 0.891. The first-order valence-corrected chi connectivity index (χ1v) is 7.41. The van der Waals surface area contributed by atoms with Crippen LogP contribution in [0.15, 0.2) is 24.3 Å². The third kappa shape index (κ3) is 6.58. The summed E-state index contributed by atoms with van der Waals surface area (Å²) in [6.07, 6.45) is 3.55. The molecule has 110 valence electrons. The fraction of sp³-hybridized carbons (Fsp3) is 0.588. The Kier molecular flexibility index (Phi) is 7.11. The minimum Gasteiger partial charge on any atom is -0.494 e. The summed E-state index contributed by atoms with van der Waals surface area (Å²) >= 11 is 0. The number of rotatable bonds is 9. The van der Waals surface area contributed by atoms with Crippen LogP contribution in [0.1, 0.15) is 45.6 Å². The second-order valence-electron chi connectivity index (χ2n) is 5.80. The number of hydrogen-bond acceptors (Lipinski definition) is 3. The van der Waals surface area contributed by atoms with Crippen LogP contribution < -0.4 is 10.1 Å². The lowest BCUT2D eigenvalue weighted by Gasteiger charge is -2.15. The Hall–Kier alpha value is -1.53. The van der Waals surface area contributed by atoms with E-state index in [4.69, 9.17) is 10.00 Å². The molecule has 0 heterocycles. The third-order valence-electron chi connectivity index (χ3n) is 3.14. The molecule has 0 radical (unpaired) electrons. The Morgan fingerprint density at radius 1 is 1.20 bits per heavy atom. The van der Waals surface area contributed by atoms with E-state index in [1.54, 1.807) is 0 Å². The molecule has 0 spiro atoms. The van der Waals surface area contributed by atoms with Gasteiger partial charge in [0.15, 0.2) is 0 Å². The van der Waals surface area contributed by atoms with E-state index in [9.17, 15) is 0 Å². The van der Waals surface area contributed by atoms with Crippen LogP contribution in [0.2, 0.25) is 0 Å². The fourth-order valence-corrected chi connectivity index (χ4v) is 1.80. The van der Waals surface area contributed by atoms with Gasteiger partial charge >= 0.3 is 0 Å². The first-order chi connectivity index (χ1) is 9.57. The Balaban J connectivity index is 2.30. The number of unbranched alkanes of at least 4 members (excludes halogenated alkanes) is 2. The average molecular weight is 274 g/mol. The molecule has 3 nitrogen and oxygen atoms in total. The van der Waals surface area contributed by atoms with Crippen molar-refractivity contribution >= 4 is 0 Å². The van der Waals surface area contributed by atoms with Crippen LogP contribution in [0.5, 0.6) is 5.75 Å². The highest BCUT2D eigenvalue weighted by Gasteiger charge is 2.15. The Bertz CT molecular complexity index is 418. The van der Waals surface area contributed by atoms with Gasteiger partial charge in [-0.2, -0.15) is 5.26 Å². The summed E-state index contributed by atoms with van der Waals surface area (Å²) in [7, 11) is 0. The molecule has 1 aromatic carbocycles. The standard InChI is InChI=1S/C17H26N2O/c1-4-5-6-11-20-16-9-7-15(8-10-16)12-19-14-17(2,3)13-18/h7-10,19H,4-6,11-12,14H2,1-3H3. The number of ether oxygens (including phenoxy) is 1. The molecular formula is C17H26N2O. The fourth-order valence-electron chi connectivity index (χ4n) is 1.80. The van der Waals surface area contributed by atoms with Gasteiger partial charge in [0, 0.05) is 13.1 Å². The SMILES string of the molecule is CCCCCOc1ccc(CNCC(C)(C)C#N)cc1. The van der Waals surface area contributed by atoms with Crippen molar-refractivity contribution in [2.45, 2.75) is 46.6 Å². The molecule has 0 amide bonds. The zero-order valence-electron chi connectivity index (χ0n) is 12.9. The summed E-state index contributed by atoms with van der Waals surface area (Å²) < 4.78 is 5.68. The lowest BCUT2D eigenvalue weighted by atomic mass is 9.96. The molecular weight excluding hydrogens is 248 g/mol. The molecule has 1 aromatic rings. The van der Waals surface area contributed by atoms with Gasteiger partial charge in [0.25, 0.3) is 0 Å². The van der Waals surface area contributed by atoms with Gasteiger partial charge in [0.1, 0.15) is 5.75 Å². The van der Waals surface area contributed by atoms with Crippen LogP contribution in [-0.4, -0.2) is 13.2 Å². The first-order valence-electron chi connectivity index (χ1n) is 7.41. The van der Waals surface area contributed by atoms with E-state index in [1.807, 2.05) is 26.0 Å². The summed E-state index contributed by atoms with van der Waals surface area (Å²) in [6, 6.07) is 10.5. The van der Waals surface area contributed by atoms with E-state index in [0.717, 1.165) is 25.3 Å². The molecule has 1 rings (SSSR count). The molecule has 0 bridgehead atoms. The highest BCUT2D eigenvalue weighted by molar-refractivity contribution is 5.27.